The molecule has 5 nitrogen and oxygen atoms in total. The van der Waals surface area contributed by atoms with Crippen LogP contribution >= 0.6 is 0 Å². The molecular formula is C15H17N3O2. The number of ether oxygens (including phenoxy) is 1. The van der Waals surface area contributed by atoms with Crippen molar-refractivity contribution in [1.82, 2.24) is 0 Å². The zero-order valence-electron chi connectivity index (χ0n) is 11.0. The molecule has 2 aromatic carbocycles. The average molecular weight is 271 g/mol. The van der Waals surface area contributed by atoms with Crippen molar-refractivity contribution in [1.29, 1.82) is 0 Å². The Hall–Kier alpha value is -2.69. The quantitative estimate of drug-likeness (QED) is 0.729. The van der Waals surface area contributed by atoms with E-state index < -0.39 is 6.09 Å². The van der Waals surface area contributed by atoms with Crippen LogP contribution in [0, 0.1) is 0 Å². The Balaban J connectivity index is 1.91. The molecule has 0 spiro atoms. The third-order valence-corrected chi connectivity index (χ3v) is 2.85. The second-order valence-electron chi connectivity index (χ2n) is 4.37. The van der Waals surface area contributed by atoms with Gasteiger partial charge >= 0.3 is 6.09 Å². The number of carbonyl (C=O) groups excluding carboxylic acids is 1. The third kappa shape index (κ3) is 3.91. The number of nitrogen functional groups attached to an aromatic ring is 1. The molecule has 0 aliphatic heterocycles. The molecule has 1 amide bonds. The van der Waals surface area contributed by atoms with Gasteiger partial charge in [0.1, 0.15) is 6.61 Å². The number of rotatable bonds is 5. The molecule has 5 heteroatoms. The number of nitrogens with one attached hydrogen (secondary N) is 1. The molecule has 5 N–H and O–H groups in total. The van der Waals surface area contributed by atoms with Crippen molar-refractivity contribution >= 4 is 17.5 Å². The van der Waals surface area contributed by atoms with Gasteiger partial charge in [-0.05, 0) is 23.3 Å². The standard InChI is InChI=1S/C15H17N3O2/c16-13-3-1-2-4-14(13)18-9-11-5-7-12(8-6-11)10-20-15(17)19/h1-8,18H,9-10,16H2,(H2,17,19). The predicted molar refractivity (Wildman–Crippen MR) is 79.0 cm³/mol. The summed E-state index contributed by atoms with van der Waals surface area (Å²) in [5, 5.41) is 3.27. The fourth-order valence-corrected chi connectivity index (χ4v) is 1.76. The summed E-state index contributed by atoms with van der Waals surface area (Å²) in [5.41, 5.74) is 14.4. The zero-order valence-corrected chi connectivity index (χ0v) is 11.0. The highest BCUT2D eigenvalue weighted by Crippen LogP contribution is 2.17. The van der Waals surface area contributed by atoms with Crippen molar-refractivity contribution in [3.63, 3.8) is 0 Å². The van der Waals surface area contributed by atoms with Crippen molar-refractivity contribution in [2.75, 3.05) is 11.1 Å². The number of carbonyl (C=O) groups is 1. The van der Waals surface area contributed by atoms with Gasteiger partial charge in [-0.25, -0.2) is 4.79 Å². The largest absolute Gasteiger partial charge is 0.445 e. The molecule has 104 valence electrons. The minimum Gasteiger partial charge on any atom is -0.445 e. The van der Waals surface area contributed by atoms with Gasteiger partial charge in [0, 0.05) is 6.54 Å². The summed E-state index contributed by atoms with van der Waals surface area (Å²) in [6.07, 6.45) is -0.768. The topological polar surface area (TPSA) is 90.4 Å². The molecule has 0 bridgehead atoms. The number of primary amides is 1. The lowest BCUT2D eigenvalue weighted by Crippen LogP contribution is -2.12. The van der Waals surface area contributed by atoms with Crippen LogP contribution in [0.25, 0.3) is 0 Å². The van der Waals surface area contributed by atoms with Crippen LogP contribution in [0.3, 0.4) is 0 Å². The number of hydrogen-bond acceptors (Lipinski definition) is 4. The second kappa shape index (κ2) is 6.47. The number of para-hydroxylation sites is 2. The van der Waals surface area contributed by atoms with E-state index >= 15 is 0 Å². The minimum atomic E-state index is -0.768. The summed E-state index contributed by atoms with van der Waals surface area (Å²) in [7, 11) is 0. The van der Waals surface area contributed by atoms with Crippen LogP contribution < -0.4 is 16.8 Å². The summed E-state index contributed by atoms with van der Waals surface area (Å²) in [6.45, 7) is 0.861. The SMILES string of the molecule is NC(=O)OCc1ccc(CNc2ccccc2N)cc1. The lowest BCUT2D eigenvalue weighted by atomic mass is 10.1. The number of nitrogens with two attached hydrogens (primary N) is 2. The summed E-state index contributed by atoms with van der Waals surface area (Å²) >= 11 is 0. The van der Waals surface area contributed by atoms with Gasteiger partial charge < -0.3 is 21.5 Å². The molecule has 0 aromatic heterocycles. The van der Waals surface area contributed by atoms with Crippen LogP contribution in [0.1, 0.15) is 11.1 Å². The number of hydrogen-bond donors (Lipinski definition) is 3. The van der Waals surface area contributed by atoms with Crippen LogP contribution in [-0.2, 0) is 17.9 Å². The molecule has 0 atom stereocenters. The number of amides is 1. The second-order valence-corrected chi connectivity index (χ2v) is 4.37. The van der Waals surface area contributed by atoms with Gasteiger partial charge in [-0.3, -0.25) is 0 Å². The molecule has 0 aliphatic rings. The van der Waals surface area contributed by atoms with Gasteiger partial charge in [0.05, 0.1) is 11.4 Å². The molecular weight excluding hydrogens is 254 g/mol. The van der Waals surface area contributed by atoms with Crippen LogP contribution in [0.15, 0.2) is 48.5 Å². The van der Waals surface area contributed by atoms with E-state index in [1.165, 1.54) is 0 Å². The highest BCUT2D eigenvalue weighted by Gasteiger charge is 2.00. The Kier molecular flexibility index (Phi) is 4.44. The first kappa shape index (κ1) is 13.7. The molecule has 0 saturated heterocycles. The lowest BCUT2D eigenvalue weighted by molar-refractivity contribution is 0.150. The first-order valence-electron chi connectivity index (χ1n) is 6.23. The van der Waals surface area contributed by atoms with Crippen molar-refractivity contribution in [3.05, 3.63) is 59.7 Å². The van der Waals surface area contributed by atoms with Crippen molar-refractivity contribution < 1.29 is 9.53 Å². The molecule has 0 unspecified atom stereocenters. The van der Waals surface area contributed by atoms with E-state index in [4.69, 9.17) is 16.2 Å². The van der Waals surface area contributed by atoms with Crippen LogP contribution in [0.2, 0.25) is 0 Å². The first-order valence-corrected chi connectivity index (χ1v) is 6.23. The number of anilines is 2. The van der Waals surface area contributed by atoms with Crippen LogP contribution in [0.5, 0.6) is 0 Å². The summed E-state index contributed by atoms with van der Waals surface area (Å²) in [6, 6.07) is 15.3. The smallest absolute Gasteiger partial charge is 0.404 e. The first-order chi connectivity index (χ1) is 9.65. The fourth-order valence-electron chi connectivity index (χ4n) is 1.76. The van der Waals surface area contributed by atoms with E-state index in [-0.39, 0.29) is 6.61 Å². The van der Waals surface area contributed by atoms with Crippen LogP contribution in [-0.4, -0.2) is 6.09 Å². The van der Waals surface area contributed by atoms with Gasteiger partial charge in [0.2, 0.25) is 0 Å². The lowest BCUT2D eigenvalue weighted by Gasteiger charge is -2.09. The zero-order chi connectivity index (χ0) is 14.4. The van der Waals surface area contributed by atoms with E-state index in [1.54, 1.807) is 0 Å². The third-order valence-electron chi connectivity index (χ3n) is 2.85. The van der Waals surface area contributed by atoms with Crippen molar-refractivity contribution in [3.8, 4) is 0 Å². The highest BCUT2D eigenvalue weighted by atomic mass is 16.5. The van der Waals surface area contributed by atoms with Crippen molar-refractivity contribution in [2.24, 2.45) is 5.73 Å². The van der Waals surface area contributed by atoms with E-state index in [9.17, 15) is 4.79 Å². The van der Waals surface area contributed by atoms with E-state index in [2.05, 4.69) is 5.32 Å². The Bertz CT molecular complexity index is 582. The highest BCUT2D eigenvalue weighted by molar-refractivity contribution is 5.65. The van der Waals surface area contributed by atoms with Gasteiger partial charge in [0.25, 0.3) is 0 Å². The van der Waals surface area contributed by atoms with Crippen molar-refractivity contribution in [2.45, 2.75) is 13.2 Å². The van der Waals surface area contributed by atoms with Crippen LogP contribution in [0.4, 0.5) is 16.2 Å². The molecule has 20 heavy (non-hydrogen) atoms. The summed E-state index contributed by atoms with van der Waals surface area (Å²) < 4.78 is 4.72. The normalized spacial score (nSPS) is 10.0. The Morgan fingerprint density at radius 3 is 2.35 bits per heavy atom. The Morgan fingerprint density at radius 2 is 1.70 bits per heavy atom. The molecule has 0 saturated carbocycles. The summed E-state index contributed by atoms with van der Waals surface area (Å²) in [4.78, 5) is 10.5. The van der Waals surface area contributed by atoms with E-state index in [0.717, 1.165) is 22.5 Å². The molecule has 0 radical (unpaired) electrons. The molecule has 0 aliphatic carbocycles. The van der Waals surface area contributed by atoms with Gasteiger partial charge in [-0.15, -0.1) is 0 Å². The molecule has 0 heterocycles. The maximum atomic E-state index is 10.5. The monoisotopic (exact) mass is 271 g/mol. The fraction of sp³-hybridized carbons (Fsp3) is 0.133. The Labute approximate surface area is 117 Å². The molecule has 0 fully saturated rings. The van der Waals surface area contributed by atoms with Gasteiger partial charge in [-0.2, -0.15) is 0 Å². The predicted octanol–water partition coefficient (Wildman–Crippen LogP) is 2.48. The summed E-state index contributed by atoms with van der Waals surface area (Å²) in [5.74, 6) is 0. The van der Waals surface area contributed by atoms with Gasteiger partial charge in [0.15, 0.2) is 0 Å². The van der Waals surface area contributed by atoms with E-state index in [1.807, 2.05) is 48.5 Å². The maximum absolute atomic E-state index is 10.5. The van der Waals surface area contributed by atoms with Gasteiger partial charge in [-0.1, -0.05) is 36.4 Å². The maximum Gasteiger partial charge on any atom is 0.404 e. The minimum absolute atomic E-state index is 0.189. The molecule has 2 rings (SSSR count). The molecule has 2 aromatic rings. The average Bonchev–Trinajstić information content (AvgIpc) is 2.45. The van der Waals surface area contributed by atoms with E-state index in [0.29, 0.717) is 6.54 Å². The number of benzene rings is 2. The Morgan fingerprint density at radius 1 is 1.05 bits per heavy atom.